The molecule has 0 spiro atoms. The molecule has 1 amide bonds. The first kappa shape index (κ1) is 21.2. The molecule has 3 aromatic rings. The number of hydrogen-bond donors (Lipinski definition) is 2. The number of carbonyl (C=O) groups excluding carboxylic acids is 1. The van der Waals surface area contributed by atoms with E-state index < -0.39 is 5.97 Å². The number of carboxylic acid groups (broad SMARTS) is 1. The summed E-state index contributed by atoms with van der Waals surface area (Å²) >= 11 is 0. The van der Waals surface area contributed by atoms with Gasteiger partial charge < -0.3 is 10.4 Å². The molecule has 2 N–H and O–H groups in total. The number of hydrogen-bond acceptors (Lipinski definition) is 2. The molecule has 0 radical (unpaired) electrons. The van der Waals surface area contributed by atoms with E-state index >= 15 is 0 Å². The second-order valence-electron chi connectivity index (χ2n) is 7.15. The van der Waals surface area contributed by atoms with Crippen LogP contribution in [0.15, 0.2) is 72.8 Å². The number of aromatic carboxylic acids is 1. The molecule has 0 saturated heterocycles. The minimum atomic E-state index is -0.945. The van der Waals surface area contributed by atoms with E-state index in [1.54, 1.807) is 36.4 Å². The molecule has 4 nitrogen and oxygen atoms in total. The molecular weight excluding hydrogens is 381 g/mol. The van der Waals surface area contributed by atoms with E-state index in [0.717, 1.165) is 23.1 Å². The Kier molecular flexibility index (Phi) is 7.33. The molecule has 0 unspecified atom stereocenters. The summed E-state index contributed by atoms with van der Waals surface area (Å²) in [5, 5.41) is 11.9. The Bertz CT molecular complexity index is 998. The summed E-state index contributed by atoms with van der Waals surface area (Å²) in [6.45, 7) is 0.449. The van der Waals surface area contributed by atoms with Crippen molar-refractivity contribution in [2.75, 3.05) is 0 Å². The number of carboxylic acids is 1. The highest BCUT2D eigenvalue weighted by atomic mass is 19.1. The molecule has 0 fully saturated rings. The smallest absolute Gasteiger partial charge is 0.335 e. The number of nitrogens with one attached hydrogen (secondary N) is 1. The lowest BCUT2D eigenvalue weighted by molar-refractivity contribution is -0.121. The summed E-state index contributed by atoms with van der Waals surface area (Å²) in [6.07, 6.45) is 2.53. The van der Waals surface area contributed by atoms with Gasteiger partial charge in [0.25, 0.3) is 0 Å². The SMILES string of the molecule is O=C(CCCCc1ccccc1F)NCc1ccc(-c2ccc(C(=O)O)cc2)cc1. The van der Waals surface area contributed by atoms with E-state index in [9.17, 15) is 14.0 Å². The molecule has 5 heteroatoms. The van der Waals surface area contributed by atoms with Gasteiger partial charge in [0.05, 0.1) is 5.56 Å². The van der Waals surface area contributed by atoms with Crippen LogP contribution in [-0.4, -0.2) is 17.0 Å². The first-order valence-electron chi connectivity index (χ1n) is 9.96. The maximum atomic E-state index is 13.6. The monoisotopic (exact) mass is 405 g/mol. The third-order valence-corrected chi connectivity index (χ3v) is 4.97. The van der Waals surface area contributed by atoms with Gasteiger partial charge in [0.2, 0.25) is 5.91 Å². The molecule has 0 atom stereocenters. The van der Waals surface area contributed by atoms with Gasteiger partial charge in [0.15, 0.2) is 0 Å². The Balaban J connectivity index is 1.41. The Morgan fingerprint density at radius 1 is 0.833 bits per heavy atom. The van der Waals surface area contributed by atoms with Crippen LogP contribution < -0.4 is 5.32 Å². The van der Waals surface area contributed by atoms with Crippen LogP contribution >= 0.6 is 0 Å². The van der Waals surface area contributed by atoms with Gasteiger partial charge in [-0.1, -0.05) is 54.6 Å². The summed E-state index contributed by atoms with van der Waals surface area (Å²) in [7, 11) is 0. The predicted octanol–water partition coefficient (Wildman–Crippen LogP) is 5.22. The molecule has 0 heterocycles. The van der Waals surface area contributed by atoms with E-state index in [2.05, 4.69) is 5.32 Å². The molecule has 154 valence electrons. The highest BCUT2D eigenvalue weighted by molar-refractivity contribution is 5.88. The van der Waals surface area contributed by atoms with Crippen molar-refractivity contribution in [1.82, 2.24) is 5.32 Å². The Labute approximate surface area is 175 Å². The molecule has 0 aliphatic rings. The topological polar surface area (TPSA) is 66.4 Å². The van der Waals surface area contributed by atoms with Crippen LogP contribution in [0.4, 0.5) is 4.39 Å². The zero-order chi connectivity index (χ0) is 21.3. The highest BCUT2D eigenvalue weighted by Gasteiger charge is 2.06. The molecule has 0 aromatic heterocycles. The van der Waals surface area contributed by atoms with Crippen LogP contribution in [0.25, 0.3) is 11.1 Å². The maximum absolute atomic E-state index is 13.6. The summed E-state index contributed by atoms with van der Waals surface area (Å²) in [5.74, 6) is -1.15. The van der Waals surface area contributed by atoms with Crippen molar-refractivity contribution in [1.29, 1.82) is 0 Å². The molecule has 0 aliphatic heterocycles. The number of rotatable bonds is 9. The molecule has 0 saturated carbocycles. The number of halogens is 1. The molecule has 30 heavy (non-hydrogen) atoms. The fourth-order valence-corrected chi connectivity index (χ4v) is 3.21. The summed E-state index contributed by atoms with van der Waals surface area (Å²) in [4.78, 5) is 23.0. The van der Waals surface area contributed by atoms with Crippen molar-refractivity contribution in [3.05, 3.63) is 95.3 Å². The zero-order valence-electron chi connectivity index (χ0n) is 16.6. The standard InChI is InChI=1S/C25H24FNO3/c26-23-7-3-1-5-21(23)6-2-4-8-24(28)27-17-18-9-11-19(12-10-18)20-13-15-22(16-14-20)25(29)30/h1,3,5,7,9-16H,2,4,6,8,17H2,(H,27,28)(H,29,30). The minimum Gasteiger partial charge on any atom is -0.478 e. The van der Waals surface area contributed by atoms with Gasteiger partial charge in [-0.15, -0.1) is 0 Å². The number of unbranched alkanes of at least 4 members (excludes halogenated alkanes) is 1. The van der Waals surface area contributed by atoms with Crippen LogP contribution in [0.2, 0.25) is 0 Å². The van der Waals surface area contributed by atoms with E-state index in [0.29, 0.717) is 31.4 Å². The minimum absolute atomic E-state index is 0.0168. The van der Waals surface area contributed by atoms with Gasteiger partial charge >= 0.3 is 5.97 Å². The van der Waals surface area contributed by atoms with Gasteiger partial charge in [-0.05, 0) is 59.7 Å². The molecular formula is C25H24FNO3. The number of benzene rings is 3. The van der Waals surface area contributed by atoms with Crippen LogP contribution in [0.1, 0.15) is 40.7 Å². The van der Waals surface area contributed by atoms with Gasteiger partial charge in [-0.3, -0.25) is 4.79 Å². The van der Waals surface area contributed by atoms with E-state index in [1.165, 1.54) is 6.07 Å². The van der Waals surface area contributed by atoms with Crippen molar-refractivity contribution in [2.24, 2.45) is 0 Å². The summed E-state index contributed by atoms with van der Waals surface area (Å²) in [6, 6.07) is 21.2. The second-order valence-corrected chi connectivity index (χ2v) is 7.15. The van der Waals surface area contributed by atoms with Crippen LogP contribution in [0, 0.1) is 5.82 Å². The van der Waals surface area contributed by atoms with Gasteiger partial charge in [0.1, 0.15) is 5.82 Å². The lowest BCUT2D eigenvalue weighted by Crippen LogP contribution is -2.22. The quantitative estimate of drug-likeness (QED) is 0.480. The van der Waals surface area contributed by atoms with E-state index in [4.69, 9.17) is 5.11 Å². The number of aryl methyl sites for hydroxylation is 1. The van der Waals surface area contributed by atoms with Gasteiger partial charge in [-0.25, -0.2) is 9.18 Å². The number of carbonyl (C=O) groups is 2. The Hall–Kier alpha value is -3.47. The predicted molar refractivity (Wildman–Crippen MR) is 115 cm³/mol. The molecule has 0 bridgehead atoms. The van der Waals surface area contributed by atoms with Crippen molar-refractivity contribution in [3.8, 4) is 11.1 Å². The van der Waals surface area contributed by atoms with Gasteiger partial charge in [-0.2, -0.15) is 0 Å². The second kappa shape index (κ2) is 10.3. The first-order chi connectivity index (χ1) is 14.5. The van der Waals surface area contributed by atoms with E-state index in [-0.39, 0.29) is 17.3 Å². The van der Waals surface area contributed by atoms with Gasteiger partial charge in [0, 0.05) is 13.0 Å². The van der Waals surface area contributed by atoms with Crippen molar-refractivity contribution in [3.63, 3.8) is 0 Å². The third-order valence-electron chi connectivity index (χ3n) is 4.97. The van der Waals surface area contributed by atoms with Crippen molar-refractivity contribution in [2.45, 2.75) is 32.2 Å². The third kappa shape index (κ3) is 6.01. The molecule has 3 rings (SSSR count). The van der Waals surface area contributed by atoms with E-state index in [1.807, 2.05) is 30.3 Å². The van der Waals surface area contributed by atoms with Crippen LogP contribution in [0.3, 0.4) is 0 Å². The molecule has 3 aromatic carbocycles. The van der Waals surface area contributed by atoms with Crippen LogP contribution in [0.5, 0.6) is 0 Å². The largest absolute Gasteiger partial charge is 0.478 e. The maximum Gasteiger partial charge on any atom is 0.335 e. The number of amides is 1. The lowest BCUT2D eigenvalue weighted by Gasteiger charge is -2.08. The highest BCUT2D eigenvalue weighted by Crippen LogP contribution is 2.20. The molecule has 0 aliphatic carbocycles. The zero-order valence-corrected chi connectivity index (χ0v) is 16.6. The Morgan fingerprint density at radius 3 is 2.10 bits per heavy atom. The summed E-state index contributed by atoms with van der Waals surface area (Å²) < 4.78 is 13.6. The fraction of sp³-hybridized carbons (Fsp3) is 0.200. The average molecular weight is 405 g/mol. The van der Waals surface area contributed by atoms with Crippen LogP contribution in [-0.2, 0) is 17.8 Å². The summed E-state index contributed by atoms with van der Waals surface area (Å²) in [5.41, 5.74) is 3.85. The van der Waals surface area contributed by atoms with Crippen molar-refractivity contribution < 1.29 is 19.1 Å². The Morgan fingerprint density at radius 2 is 1.47 bits per heavy atom. The first-order valence-corrected chi connectivity index (χ1v) is 9.96. The lowest BCUT2D eigenvalue weighted by atomic mass is 10.0. The fourth-order valence-electron chi connectivity index (χ4n) is 3.21. The normalized spacial score (nSPS) is 10.6. The van der Waals surface area contributed by atoms with Crippen molar-refractivity contribution >= 4 is 11.9 Å². The average Bonchev–Trinajstić information content (AvgIpc) is 2.77.